The van der Waals surface area contributed by atoms with Crippen LogP contribution in [0.25, 0.3) is 0 Å². The van der Waals surface area contributed by atoms with Crippen LogP contribution < -0.4 is 17.2 Å². The maximum Gasteiger partial charge on any atom is 0.211 e. The summed E-state index contributed by atoms with van der Waals surface area (Å²) in [7, 11) is 0. The summed E-state index contributed by atoms with van der Waals surface area (Å²) in [4.78, 5) is 3.85. The fourth-order valence-electron chi connectivity index (χ4n) is 0.697. The van der Waals surface area contributed by atoms with Gasteiger partial charge in [-0.15, -0.1) is 5.10 Å². The first kappa shape index (κ1) is 8.98. The van der Waals surface area contributed by atoms with Gasteiger partial charge in [0.1, 0.15) is 5.82 Å². The van der Waals surface area contributed by atoms with Gasteiger partial charge in [-0.3, -0.25) is 0 Å². The molecular formula is C7H10N6. The lowest BCUT2D eigenvalue weighted by atomic mass is 10.3. The largest absolute Gasteiger partial charge is 0.383 e. The predicted molar refractivity (Wildman–Crippen MR) is 52.1 cm³/mol. The number of pyridine rings is 1. The monoisotopic (exact) mass is 178 g/mol. The van der Waals surface area contributed by atoms with Gasteiger partial charge < -0.3 is 17.2 Å². The fourth-order valence-corrected chi connectivity index (χ4v) is 0.697. The summed E-state index contributed by atoms with van der Waals surface area (Å²) in [6, 6.07) is 3.50. The van der Waals surface area contributed by atoms with Crippen molar-refractivity contribution in [2.75, 3.05) is 5.73 Å². The van der Waals surface area contributed by atoms with Gasteiger partial charge in [0, 0.05) is 11.8 Å². The third-order valence-corrected chi connectivity index (χ3v) is 1.24. The number of hydrogen-bond acceptors (Lipinski definition) is 4. The molecule has 0 aliphatic carbocycles. The smallest absolute Gasteiger partial charge is 0.211 e. The first-order valence-corrected chi connectivity index (χ1v) is 3.52. The highest BCUT2D eigenvalue weighted by molar-refractivity contribution is 5.86. The van der Waals surface area contributed by atoms with Crippen molar-refractivity contribution in [3.05, 3.63) is 23.9 Å². The number of guanidine groups is 1. The van der Waals surface area contributed by atoms with Gasteiger partial charge in [-0.25, -0.2) is 4.98 Å². The predicted octanol–water partition coefficient (Wildman–Crippen LogP) is -0.729. The summed E-state index contributed by atoms with van der Waals surface area (Å²) in [6.45, 7) is 0. The molecule has 0 fully saturated rings. The third-order valence-electron chi connectivity index (χ3n) is 1.24. The summed E-state index contributed by atoms with van der Waals surface area (Å²) >= 11 is 0. The van der Waals surface area contributed by atoms with Crippen LogP contribution in [-0.2, 0) is 0 Å². The minimum Gasteiger partial charge on any atom is -0.383 e. The average Bonchev–Trinajstić information content (AvgIpc) is 2.08. The molecule has 0 aliphatic heterocycles. The molecule has 13 heavy (non-hydrogen) atoms. The van der Waals surface area contributed by atoms with Crippen LogP contribution in [0.4, 0.5) is 5.82 Å². The molecule has 0 atom stereocenters. The van der Waals surface area contributed by atoms with Crippen LogP contribution in [0, 0.1) is 0 Å². The third kappa shape index (κ3) is 2.78. The van der Waals surface area contributed by atoms with Crippen molar-refractivity contribution < 1.29 is 0 Å². The molecular weight excluding hydrogens is 168 g/mol. The van der Waals surface area contributed by atoms with Crippen LogP contribution in [0.5, 0.6) is 0 Å². The van der Waals surface area contributed by atoms with Crippen LogP contribution in [0.15, 0.2) is 28.5 Å². The van der Waals surface area contributed by atoms with E-state index in [1.54, 1.807) is 18.3 Å². The van der Waals surface area contributed by atoms with E-state index >= 15 is 0 Å². The van der Waals surface area contributed by atoms with E-state index in [-0.39, 0.29) is 5.96 Å². The Kier molecular flexibility index (Phi) is 2.80. The molecule has 0 saturated heterocycles. The van der Waals surface area contributed by atoms with E-state index in [1.165, 1.54) is 6.21 Å². The van der Waals surface area contributed by atoms with E-state index in [4.69, 9.17) is 17.2 Å². The molecule has 6 N–H and O–H groups in total. The van der Waals surface area contributed by atoms with E-state index in [9.17, 15) is 0 Å². The number of hydrogen-bond donors (Lipinski definition) is 3. The quantitative estimate of drug-likeness (QED) is 0.314. The molecule has 1 aromatic heterocycles. The number of aromatic nitrogens is 1. The molecule has 0 radical (unpaired) electrons. The van der Waals surface area contributed by atoms with Crippen molar-refractivity contribution in [1.82, 2.24) is 4.98 Å². The van der Waals surface area contributed by atoms with Gasteiger partial charge >= 0.3 is 0 Å². The maximum atomic E-state index is 5.52. The molecule has 6 heteroatoms. The molecule has 6 nitrogen and oxygen atoms in total. The van der Waals surface area contributed by atoms with Gasteiger partial charge in [-0.1, -0.05) is 0 Å². The zero-order chi connectivity index (χ0) is 9.68. The number of anilines is 1. The highest BCUT2D eigenvalue weighted by Crippen LogP contribution is 2.02. The van der Waals surface area contributed by atoms with E-state index in [1.807, 2.05) is 0 Å². The standard InChI is InChI=1S/C7H10N6/c8-6-5(2-1-3-11-6)4-12-13-7(9)10/h1-4H,(H2,8,11)(H4,9,10,13)/b12-4+. The fraction of sp³-hybridized carbons (Fsp3) is 0. The number of nitrogens with two attached hydrogens (primary N) is 3. The van der Waals surface area contributed by atoms with Crippen LogP contribution in [0.2, 0.25) is 0 Å². The molecule has 0 saturated carbocycles. The highest BCUT2D eigenvalue weighted by Gasteiger charge is 1.92. The molecule has 0 aromatic carbocycles. The molecule has 0 aliphatic rings. The summed E-state index contributed by atoms with van der Waals surface area (Å²) in [5.41, 5.74) is 16.3. The van der Waals surface area contributed by atoms with Crippen molar-refractivity contribution in [1.29, 1.82) is 0 Å². The Labute approximate surface area is 75.2 Å². The number of nitrogen functional groups attached to an aromatic ring is 1. The zero-order valence-corrected chi connectivity index (χ0v) is 6.88. The normalized spacial score (nSPS) is 10.2. The average molecular weight is 178 g/mol. The molecule has 0 amide bonds. The van der Waals surface area contributed by atoms with Crippen molar-refractivity contribution in [3.8, 4) is 0 Å². The zero-order valence-electron chi connectivity index (χ0n) is 6.88. The van der Waals surface area contributed by atoms with Gasteiger partial charge in [-0.05, 0) is 12.1 Å². The topological polar surface area (TPSA) is 116 Å². The second-order valence-electron chi connectivity index (χ2n) is 2.25. The van der Waals surface area contributed by atoms with E-state index in [0.717, 1.165) is 0 Å². The van der Waals surface area contributed by atoms with Crippen molar-refractivity contribution >= 4 is 18.0 Å². The molecule has 0 unspecified atom stereocenters. The molecule has 1 heterocycles. The van der Waals surface area contributed by atoms with Gasteiger partial charge in [0.15, 0.2) is 0 Å². The highest BCUT2D eigenvalue weighted by atomic mass is 15.3. The van der Waals surface area contributed by atoms with Crippen LogP contribution >= 0.6 is 0 Å². The lowest BCUT2D eigenvalue weighted by Gasteiger charge is -1.94. The number of nitrogens with zero attached hydrogens (tertiary/aromatic N) is 3. The Bertz CT molecular complexity index is 339. The van der Waals surface area contributed by atoms with Crippen LogP contribution in [0.3, 0.4) is 0 Å². The van der Waals surface area contributed by atoms with E-state index < -0.39 is 0 Å². The lowest BCUT2D eigenvalue weighted by molar-refractivity contribution is 1.21. The Morgan fingerprint density at radius 2 is 2.23 bits per heavy atom. The number of rotatable bonds is 2. The molecule has 0 bridgehead atoms. The Morgan fingerprint density at radius 1 is 1.46 bits per heavy atom. The minimum atomic E-state index is -0.0984. The molecule has 0 spiro atoms. The first-order valence-electron chi connectivity index (χ1n) is 3.52. The minimum absolute atomic E-state index is 0.0984. The molecule has 1 aromatic rings. The van der Waals surface area contributed by atoms with Gasteiger partial charge in [0.2, 0.25) is 5.96 Å². The maximum absolute atomic E-state index is 5.52. The first-order chi connectivity index (χ1) is 6.20. The van der Waals surface area contributed by atoms with Crippen molar-refractivity contribution in [2.45, 2.75) is 0 Å². The van der Waals surface area contributed by atoms with Gasteiger partial charge in [0.05, 0.1) is 6.21 Å². The molecule has 68 valence electrons. The summed E-state index contributed by atoms with van der Waals surface area (Å²) < 4.78 is 0. The SMILES string of the molecule is NC(N)=N/N=C/c1cccnc1N. The summed E-state index contributed by atoms with van der Waals surface area (Å²) in [5.74, 6) is 0.288. The second kappa shape index (κ2) is 4.05. The van der Waals surface area contributed by atoms with Gasteiger partial charge in [-0.2, -0.15) is 5.10 Å². The second-order valence-corrected chi connectivity index (χ2v) is 2.25. The van der Waals surface area contributed by atoms with Crippen molar-refractivity contribution in [3.63, 3.8) is 0 Å². The van der Waals surface area contributed by atoms with E-state index in [0.29, 0.717) is 11.4 Å². The Hall–Kier alpha value is -2.11. The Balaban J connectivity index is 2.80. The lowest BCUT2D eigenvalue weighted by Crippen LogP contribution is -2.21. The van der Waals surface area contributed by atoms with Crippen molar-refractivity contribution in [2.24, 2.45) is 21.7 Å². The van der Waals surface area contributed by atoms with Gasteiger partial charge in [0.25, 0.3) is 0 Å². The van der Waals surface area contributed by atoms with Crippen LogP contribution in [0.1, 0.15) is 5.56 Å². The molecule has 1 rings (SSSR count). The van der Waals surface area contributed by atoms with E-state index in [2.05, 4.69) is 15.2 Å². The van der Waals surface area contributed by atoms with Crippen LogP contribution in [-0.4, -0.2) is 17.2 Å². The summed E-state index contributed by atoms with van der Waals surface area (Å²) in [6.07, 6.45) is 3.02. The Morgan fingerprint density at radius 3 is 2.85 bits per heavy atom. The summed E-state index contributed by atoms with van der Waals surface area (Å²) in [5, 5.41) is 7.01.